The first-order valence-corrected chi connectivity index (χ1v) is 4.70. The molecule has 0 saturated carbocycles. The standard InChI is InChI=1S/C6H10O6S.Na/c1-5(6(7)8)3-2-4-12-13(9,10)11;/h1-4H2,(H,7,8)(H,9,10,11);/q;+1/p-1. The molecule has 0 aliphatic carbocycles. The normalized spacial score (nSPS) is 10.4. The molecule has 14 heavy (non-hydrogen) atoms. The van der Waals surface area contributed by atoms with Gasteiger partial charge in [-0.15, -0.1) is 0 Å². The second-order valence-corrected chi connectivity index (χ2v) is 3.34. The monoisotopic (exact) mass is 232 g/mol. The molecule has 0 amide bonds. The molecule has 0 aliphatic rings. The quantitative estimate of drug-likeness (QED) is 0.216. The fraction of sp³-hybridized carbons (Fsp3) is 0.500. The number of carbonyl (C=O) groups is 1. The van der Waals surface area contributed by atoms with Crippen LogP contribution in [0.15, 0.2) is 12.2 Å². The summed E-state index contributed by atoms with van der Waals surface area (Å²) in [6, 6.07) is 0. The summed E-state index contributed by atoms with van der Waals surface area (Å²) in [6.45, 7) is 2.87. The predicted molar refractivity (Wildman–Crippen MR) is 40.9 cm³/mol. The van der Waals surface area contributed by atoms with Crippen LogP contribution >= 0.6 is 0 Å². The van der Waals surface area contributed by atoms with E-state index in [0.29, 0.717) is 0 Å². The predicted octanol–water partition coefficient (Wildman–Crippen LogP) is -4.10. The number of hydrogen-bond acceptors (Lipinski definition) is 5. The van der Waals surface area contributed by atoms with Crippen molar-refractivity contribution in [1.82, 2.24) is 0 Å². The number of carboxylic acid groups (broad SMARTS) is 1. The maximum atomic E-state index is 10.1. The Kier molecular flexibility index (Phi) is 8.70. The largest absolute Gasteiger partial charge is 1.00 e. The van der Waals surface area contributed by atoms with E-state index in [1.165, 1.54) is 0 Å². The van der Waals surface area contributed by atoms with Gasteiger partial charge in [-0.1, -0.05) is 6.58 Å². The molecule has 0 fully saturated rings. The van der Waals surface area contributed by atoms with Crippen molar-refractivity contribution >= 4 is 16.4 Å². The summed E-state index contributed by atoms with van der Waals surface area (Å²) in [7, 11) is -4.44. The van der Waals surface area contributed by atoms with Gasteiger partial charge in [-0.25, -0.2) is 4.18 Å². The molecule has 0 spiro atoms. The van der Waals surface area contributed by atoms with Gasteiger partial charge in [0.2, 0.25) is 0 Å². The molecule has 0 heterocycles. The Morgan fingerprint density at radius 2 is 2.00 bits per heavy atom. The molecule has 0 aromatic rings. The molecular weight excluding hydrogens is 223 g/mol. The van der Waals surface area contributed by atoms with E-state index in [1.54, 1.807) is 0 Å². The van der Waals surface area contributed by atoms with E-state index in [2.05, 4.69) is 10.8 Å². The number of carbonyl (C=O) groups excluding carboxylic acids is 1. The van der Waals surface area contributed by atoms with Gasteiger partial charge in [0.1, 0.15) is 0 Å². The topological polar surface area (TPSA) is 104 Å². The first-order chi connectivity index (χ1) is 5.83. The van der Waals surface area contributed by atoms with Crippen LogP contribution in [-0.4, -0.2) is 25.5 Å². The van der Waals surface area contributed by atoms with Gasteiger partial charge in [0.25, 0.3) is 0 Å². The molecule has 0 unspecified atom stereocenters. The van der Waals surface area contributed by atoms with E-state index < -0.39 is 16.4 Å². The van der Waals surface area contributed by atoms with Crippen LogP contribution < -0.4 is 34.7 Å². The van der Waals surface area contributed by atoms with E-state index in [4.69, 9.17) is 4.55 Å². The summed E-state index contributed by atoms with van der Waals surface area (Å²) in [4.78, 5) is 10.1. The molecule has 0 bridgehead atoms. The van der Waals surface area contributed by atoms with Crippen molar-refractivity contribution in [2.75, 3.05) is 6.61 Å². The molecule has 6 nitrogen and oxygen atoms in total. The van der Waals surface area contributed by atoms with Crippen molar-refractivity contribution in [3.05, 3.63) is 12.2 Å². The smallest absolute Gasteiger partial charge is 0.545 e. The molecule has 0 aromatic heterocycles. The Labute approximate surface area is 104 Å². The minimum absolute atomic E-state index is 0. The third kappa shape index (κ3) is 10.2. The van der Waals surface area contributed by atoms with E-state index in [-0.39, 0.29) is 54.6 Å². The SMILES string of the molecule is C=C(CCCOS(=O)(=O)O)C(=O)[O-].[Na+]. The number of aliphatic carboxylic acids is 1. The summed E-state index contributed by atoms with van der Waals surface area (Å²) in [5, 5.41) is 10.1. The fourth-order valence-electron chi connectivity index (χ4n) is 0.552. The molecule has 0 aliphatic heterocycles. The Bertz CT molecular complexity index is 295. The first kappa shape index (κ1) is 16.5. The van der Waals surface area contributed by atoms with E-state index in [1.807, 2.05) is 0 Å². The average molecular weight is 232 g/mol. The summed E-state index contributed by atoms with van der Waals surface area (Å²) in [6.07, 6.45) is 0.185. The first-order valence-electron chi connectivity index (χ1n) is 3.34. The zero-order chi connectivity index (χ0) is 10.5. The van der Waals surface area contributed by atoms with Crippen molar-refractivity contribution in [2.24, 2.45) is 0 Å². The van der Waals surface area contributed by atoms with Crippen LogP contribution in [0, 0.1) is 0 Å². The Morgan fingerprint density at radius 1 is 1.50 bits per heavy atom. The maximum absolute atomic E-state index is 10.1. The van der Waals surface area contributed by atoms with Gasteiger partial charge in [0.05, 0.1) is 12.6 Å². The van der Waals surface area contributed by atoms with Crippen LogP contribution in [0.2, 0.25) is 0 Å². The fourth-order valence-corrected chi connectivity index (χ4v) is 0.880. The third-order valence-electron chi connectivity index (χ3n) is 1.14. The summed E-state index contributed by atoms with van der Waals surface area (Å²) >= 11 is 0. The third-order valence-corrected chi connectivity index (χ3v) is 1.61. The molecular formula is C6H9NaO6S. The Morgan fingerprint density at radius 3 is 2.36 bits per heavy atom. The number of hydrogen-bond donors (Lipinski definition) is 1. The van der Waals surface area contributed by atoms with E-state index in [0.717, 1.165) is 0 Å². The van der Waals surface area contributed by atoms with E-state index in [9.17, 15) is 18.3 Å². The zero-order valence-corrected chi connectivity index (χ0v) is 10.5. The van der Waals surface area contributed by atoms with Crippen molar-refractivity contribution in [1.29, 1.82) is 0 Å². The molecule has 0 saturated heterocycles. The Balaban J connectivity index is 0. The average Bonchev–Trinajstić information content (AvgIpc) is 1.95. The van der Waals surface area contributed by atoms with Crippen molar-refractivity contribution in [2.45, 2.75) is 12.8 Å². The van der Waals surface area contributed by atoms with Crippen LogP contribution in [0.25, 0.3) is 0 Å². The Hall–Kier alpha value is 0.0800. The second kappa shape index (κ2) is 7.38. The van der Waals surface area contributed by atoms with Gasteiger partial charge in [-0.2, -0.15) is 8.42 Å². The van der Waals surface area contributed by atoms with Crippen LogP contribution in [0.3, 0.4) is 0 Å². The summed E-state index contributed by atoms with van der Waals surface area (Å²) in [5.74, 6) is -1.38. The van der Waals surface area contributed by atoms with Crippen LogP contribution in [-0.2, 0) is 19.4 Å². The van der Waals surface area contributed by atoms with E-state index >= 15 is 0 Å². The van der Waals surface area contributed by atoms with Gasteiger partial charge in [0.15, 0.2) is 0 Å². The molecule has 0 radical (unpaired) electrons. The number of carboxylic acids is 1. The maximum Gasteiger partial charge on any atom is 1.00 e. The number of rotatable bonds is 6. The van der Waals surface area contributed by atoms with Crippen LogP contribution in [0.4, 0.5) is 0 Å². The van der Waals surface area contributed by atoms with Gasteiger partial charge in [-0.3, -0.25) is 4.55 Å². The van der Waals surface area contributed by atoms with Crippen molar-refractivity contribution < 1.29 is 56.6 Å². The molecule has 0 rings (SSSR count). The van der Waals surface area contributed by atoms with Gasteiger partial charge in [-0.05, 0) is 18.4 Å². The van der Waals surface area contributed by atoms with Gasteiger partial charge in [0, 0.05) is 0 Å². The van der Waals surface area contributed by atoms with Gasteiger partial charge < -0.3 is 9.90 Å². The minimum Gasteiger partial charge on any atom is -0.545 e. The molecule has 1 N–H and O–H groups in total. The van der Waals surface area contributed by atoms with Gasteiger partial charge >= 0.3 is 40.0 Å². The summed E-state index contributed by atoms with van der Waals surface area (Å²) < 4.78 is 32.0. The van der Waals surface area contributed by atoms with Crippen LogP contribution in [0.1, 0.15) is 12.8 Å². The molecule has 0 aromatic carbocycles. The molecule has 0 atom stereocenters. The second-order valence-electron chi connectivity index (χ2n) is 2.24. The minimum atomic E-state index is -4.44. The van der Waals surface area contributed by atoms with Crippen molar-refractivity contribution in [3.8, 4) is 0 Å². The van der Waals surface area contributed by atoms with Crippen LogP contribution in [0.5, 0.6) is 0 Å². The van der Waals surface area contributed by atoms with Crippen molar-refractivity contribution in [3.63, 3.8) is 0 Å². The molecule has 8 heteroatoms. The summed E-state index contributed by atoms with van der Waals surface area (Å²) in [5.41, 5.74) is -0.140. The molecule has 76 valence electrons. The zero-order valence-electron chi connectivity index (χ0n) is 7.73.